The molecule has 1 saturated carbocycles. The largest absolute Gasteiger partial charge is 0.471 e. The van der Waals surface area contributed by atoms with Gasteiger partial charge in [-0.25, -0.2) is 0 Å². The highest BCUT2D eigenvalue weighted by Crippen LogP contribution is 2.47. The number of hydrogen-bond acceptors (Lipinski definition) is 4. The van der Waals surface area contributed by atoms with Crippen LogP contribution in [-0.4, -0.2) is 33.7 Å². The quantitative estimate of drug-likeness (QED) is 0.688. The van der Waals surface area contributed by atoms with Crippen molar-refractivity contribution >= 4 is 5.91 Å². The van der Waals surface area contributed by atoms with Crippen LogP contribution in [0.2, 0.25) is 0 Å². The molecule has 0 bridgehead atoms. The molecule has 1 aliphatic carbocycles. The van der Waals surface area contributed by atoms with E-state index in [9.17, 15) is 31.1 Å². The first-order chi connectivity index (χ1) is 12.9. The zero-order valence-electron chi connectivity index (χ0n) is 14.6. The number of rotatable bonds is 5. The van der Waals surface area contributed by atoms with Crippen LogP contribution in [0.3, 0.4) is 0 Å². The van der Waals surface area contributed by atoms with E-state index in [4.69, 9.17) is 0 Å². The van der Waals surface area contributed by atoms with Crippen LogP contribution in [0.5, 0.6) is 0 Å². The van der Waals surface area contributed by atoms with Gasteiger partial charge in [0.05, 0.1) is 0 Å². The van der Waals surface area contributed by atoms with Crippen molar-refractivity contribution in [1.29, 1.82) is 0 Å². The van der Waals surface area contributed by atoms with Gasteiger partial charge in [0.2, 0.25) is 11.7 Å². The Morgan fingerprint density at radius 1 is 1.14 bits per heavy atom. The molecular weight excluding hydrogens is 392 g/mol. The molecule has 1 heterocycles. The second-order valence-electron chi connectivity index (χ2n) is 6.95. The number of amides is 1. The van der Waals surface area contributed by atoms with E-state index < -0.39 is 36.1 Å². The molecule has 0 spiro atoms. The summed E-state index contributed by atoms with van der Waals surface area (Å²) in [5.41, 5.74) is -0.167. The van der Waals surface area contributed by atoms with Gasteiger partial charge in [0.1, 0.15) is 6.54 Å². The summed E-state index contributed by atoms with van der Waals surface area (Å²) in [4.78, 5) is 16.4. The molecule has 28 heavy (non-hydrogen) atoms. The topological polar surface area (TPSA) is 59.2 Å². The van der Waals surface area contributed by atoms with Crippen LogP contribution < -0.4 is 0 Å². The van der Waals surface area contributed by atoms with Crippen molar-refractivity contribution in [3.63, 3.8) is 0 Å². The van der Waals surface area contributed by atoms with Gasteiger partial charge in [0, 0.05) is 17.5 Å². The number of carbonyl (C=O) groups excluding carboxylic acids is 1. The van der Waals surface area contributed by atoms with Crippen LogP contribution in [0, 0.1) is 5.41 Å². The molecule has 1 aromatic carbocycles. The highest BCUT2D eigenvalue weighted by molar-refractivity contribution is 5.85. The first-order valence-corrected chi connectivity index (χ1v) is 8.24. The van der Waals surface area contributed by atoms with Crippen molar-refractivity contribution < 1.29 is 35.7 Å². The van der Waals surface area contributed by atoms with Gasteiger partial charge in [0.15, 0.2) is 0 Å². The summed E-state index contributed by atoms with van der Waals surface area (Å²) in [7, 11) is 0. The number of alkyl halides is 6. The van der Waals surface area contributed by atoms with E-state index in [1.165, 1.54) is 24.3 Å². The Hall–Kier alpha value is -2.59. The van der Waals surface area contributed by atoms with E-state index in [-0.39, 0.29) is 17.9 Å². The molecule has 1 aliphatic rings. The molecular formula is C17H15F6N3O2. The first-order valence-electron chi connectivity index (χ1n) is 8.24. The van der Waals surface area contributed by atoms with Crippen molar-refractivity contribution in [3.05, 3.63) is 35.7 Å². The lowest BCUT2D eigenvalue weighted by Crippen LogP contribution is -2.41. The molecule has 5 nitrogen and oxygen atoms in total. The summed E-state index contributed by atoms with van der Waals surface area (Å²) in [5, 5.41) is 3.24. The molecule has 0 saturated heterocycles. The average molecular weight is 407 g/mol. The van der Waals surface area contributed by atoms with Gasteiger partial charge in [-0.3, -0.25) is 4.79 Å². The zero-order valence-corrected chi connectivity index (χ0v) is 14.6. The molecule has 1 aromatic heterocycles. The lowest BCUT2D eigenvalue weighted by molar-refractivity contribution is -0.165. The van der Waals surface area contributed by atoms with Crippen LogP contribution >= 0.6 is 0 Å². The van der Waals surface area contributed by atoms with Gasteiger partial charge < -0.3 is 9.42 Å². The summed E-state index contributed by atoms with van der Waals surface area (Å²) in [6.45, 7) is -0.0203. The number of nitrogens with zero attached hydrogens (tertiary/aromatic N) is 3. The molecule has 3 rings (SSSR count). The fraction of sp³-hybridized carbons (Fsp3) is 0.471. The first kappa shape index (κ1) is 20.2. The lowest BCUT2D eigenvalue weighted by atomic mass is 10.1. The maximum absolute atomic E-state index is 12.8. The van der Waals surface area contributed by atoms with Crippen molar-refractivity contribution in [2.45, 2.75) is 38.7 Å². The normalized spacial score (nSPS) is 16.1. The molecule has 2 aromatic rings. The van der Waals surface area contributed by atoms with Crippen molar-refractivity contribution in [1.82, 2.24) is 15.0 Å². The van der Waals surface area contributed by atoms with Crippen LogP contribution in [0.4, 0.5) is 26.3 Å². The maximum Gasteiger partial charge on any atom is 0.471 e. The summed E-state index contributed by atoms with van der Waals surface area (Å²) < 4.78 is 80.2. The van der Waals surface area contributed by atoms with Crippen molar-refractivity contribution in [2.75, 3.05) is 6.54 Å². The molecule has 0 N–H and O–H groups in total. The minimum Gasteiger partial charge on any atom is -0.329 e. The Morgan fingerprint density at radius 3 is 2.21 bits per heavy atom. The lowest BCUT2D eigenvalue weighted by Gasteiger charge is -2.27. The number of hydrogen-bond donors (Lipinski definition) is 0. The fourth-order valence-electron chi connectivity index (χ4n) is 2.63. The van der Waals surface area contributed by atoms with Crippen LogP contribution in [-0.2, 0) is 17.5 Å². The molecule has 152 valence electrons. The van der Waals surface area contributed by atoms with Crippen molar-refractivity contribution in [2.24, 2.45) is 5.41 Å². The maximum atomic E-state index is 12.8. The monoisotopic (exact) mass is 407 g/mol. The van der Waals surface area contributed by atoms with Gasteiger partial charge in [0.25, 0.3) is 0 Å². The average Bonchev–Trinajstić information content (AvgIpc) is 3.13. The summed E-state index contributed by atoms with van der Waals surface area (Å²) in [6.07, 6.45) is -8.24. The molecule has 0 radical (unpaired) electrons. The Kier molecular flexibility index (Phi) is 4.88. The Bertz CT molecular complexity index is 853. The zero-order chi connectivity index (χ0) is 20.7. The van der Waals surface area contributed by atoms with Crippen LogP contribution in [0.25, 0.3) is 11.4 Å². The molecule has 1 amide bonds. The summed E-state index contributed by atoms with van der Waals surface area (Å²) in [5.74, 6) is -2.36. The smallest absolute Gasteiger partial charge is 0.329 e. The van der Waals surface area contributed by atoms with E-state index in [1.807, 2.05) is 0 Å². The predicted molar refractivity (Wildman–Crippen MR) is 83.5 cm³/mol. The second kappa shape index (κ2) is 6.78. The molecule has 0 atom stereocenters. The fourth-order valence-corrected chi connectivity index (χ4v) is 2.63. The van der Waals surface area contributed by atoms with E-state index in [0.29, 0.717) is 18.4 Å². The third kappa shape index (κ3) is 4.63. The molecule has 0 aliphatic heterocycles. The van der Waals surface area contributed by atoms with E-state index in [2.05, 4.69) is 14.7 Å². The van der Waals surface area contributed by atoms with Crippen LogP contribution in [0.1, 0.15) is 31.2 Å². The third-order valence-electron chi connectivity index (χ3n) is 4.43. The second-order valence-corrected chi connectivity index (χ2v) is 6.95. The third-order valence-corrected chi connectivity index (χ3v) is 4.43. The minimum atomic E-state index is -4.78. The molecule has 1 fully saturated rings. The highest BCUT2D eigenvalue weighted by Gasteiger charge is 2.48. The van der Waals surface area contributed by atoms with Gasteiger partial charge in [-0.2, -0.15) is 31.3 Å². The minimum absolute atomic E-state index is 0.200. The van der Waals surface area contributed by atoms with E-state index in [1.54, 1.807) is 6.92 Å². The van der Waals surface area contributed by atoms with Gasteiger partial charge >= 0.3 is 18.2 Å². The summed E-state index contributed by atoms with van der Waals surface area (Å²) >= 11 is 0. The summed E-state index contributed by atoms with van der Waals surface area (Å²) in [6, 6.07) is 5.53. The number of halogens is 6. The Morgan fingerprint density at radius 2 is 1.75 bits per heavy atom. The number of carbonyl (C=O) groups is 1. The Labute approximate surface area is 155 Å². The predicted octanol–water partition coefficient (Wildman–Crippen LogP) is 4.45. The molecule has 11 heteroatoms. The number of aromatic nitrogens is 2. The van der Waals surface area contributed by atoms with Gasteiger partial charge in [-0.05, 0) is 18.4 Å². The van der Waals surface area contributed by atoms with E-state index in [0.717, 1.165) is 4.90 Å². The highest BCUT2D eigenvalue weighted by atomic mass is 19.4. The van der Waals surface area contributed by atoms with Crippen molar-refractivity contribution in [3.8, 4) is 11.4 Å². The van der Waals surface area contributed by atoms with Gasteiger partial charge in [-0.1, -0.05) is 36.3 Å². The Balaban J connectivity index is 1.76. The number of benzene rings is 1. The standard InChI is InChI=1S/C17H15F6N3O2/c1-15(6-7-15)14(27)26(9-16(18,19)20)8-10-2-4-11(5-3-10)12-24-13(28-25-12)17(21,22)23/h2-5H,6-9H2,1H3. The van der Waals surface area contributed by atoms with E-state index >= 15 is 0 Å². The SMILES string of the molecule is CC1(C(=O)N(Cc2ccc(-c3noc(C(F)(F)F)n3)cc2)CC(F)(F)F)CC1. The molecule has 0 unspecified atom stereocenters. The van der Waals surface area contributed by atoms with Gasteiger partial charge in [-0.15, -0.1) is 0 Å². The van der Waals surface area contributed by atoms with Crippen LogP contribution in [0.15, 0.2) is 28.8 Å².